The Labute approximate surface area is 130 Å². The largest absolute Gasteiger partial charge is 0.510 e. The van der Waals surface area contributed by atoms with Crippen molar-refractivity contribution in [1.82, 2.24) is 0 Å². The van der Waals surface area contributed by atoms with Crippen LogP contribution in [0.5, 0.6) is 0 Å². The van der Waals surface area contributed by atoms with Gasteiger partial charge in [0, 0.05) is 5.69 Å². The second-order valence-electron chi connectivity index (χ2n) is 5.14. The molecule has 1 aromatic rings. The maximum Gasteiger partial charge on any atom is 0.187 e. The molecule has 0 fully saturated rings. The number of benzene rings is 1. The zero-order valence-electron chi connectivity index (χ0n) is 13.1. The highest BCUT2D eigenvalue weighted by Gasteiger charge is 2.29. The zero-order chi connectivity index (χ0) is 15.9. The van der Waals surface area contributed by atoms with Gasteiger partial charge in [-0.15, -0.1) is 0 Å². The van der Waals surface area contributed by atoms with Crippen LogP contribution in [-0.4, -0.2) is 36.3 Å². The highest BCUT2D eigenvalue weighted by Crippen LogP contribution is 2.22. The van der Waals surface area contributed by atoms with Crippen molar-refractivity contribution in [2.24, 2.45) is 5.16 Å². The third-order valence-corrected chi connectivity index (χ3v) is 3.44. The molecular weight excluding hydrogens is 280 g/mol. The van der Waals surface area contributed by atoms with E-state index in [1.54, 1.807) is 0 Å². The van der Waals surface area contributed by atoms with E-state index >= 15 is 0 Å². The summed E-state index contributed by atoms with van der Waals surface area (Å²) in [5, 5.41) is 14.4. The Morgan fingerprint density at radius 1 is 1.27 bits per heavy atom. The van der Waals surface area contributed by atoms with E-state index in [0.29, 0.717) is 30.9 Å². The number of aliphatic hydroxyl groups is 1. The van der Waals surface area contributed by atoms with Crippen LogP contribution in [0.4, 0.5) is 5.69 Å². The Morgan fingerprint density at radius 2 is 2.00 bits per heavy atom. The first kappa shape index (κ1) is 16.1. The van der Waals surface area contributed by atoms with Crippen molar-refractivity contribution in [2.45, 2.75) is 26.7 Å². The molecule has 1 aromatic carbocycles. The topological polar surface area (TPSA) is 62.1 Å². The van der Waals surface area contributed by atoms with E-state index in [9.17, 15) is 9.90 Å². The fourth-order valence-electron chi connectivity index (χ4n) is 2.47. The molecule has 1 aliphatic rings. The van der Waals surface area contributed by atoms with Crippen LogP contribution in [0.1, 0.15) is 26.7 Å². The molecule has 0 aliphatic carbocycles. The lowest BCUT2D eigenvalue weighted by molar-refractivity contribution is -0.114. The SMILES string of the molecule is CCCC(=NOCC)C1=C(O)CN(c2ccccc2)CC1=O. The van der Waals surface area contributed by atoms with Gasteiger partial charge in [-0.1, -0.05) is 36.7 Å². The molecule has 0 aromatic heterocycles. The molecular formula is C17H22N2O3. The first-order valence-electron chi connectivity index (χ1n) is 7.61. The van der Waals surface area contributed by atoms with Crippen LogP contribution in [0, 0.1) is 0 Å². The van der Waals surface area contributed by atoms with E-state index in [1.165, 1.54) is 0 Å². The summed E-state index contributed by atoms with van der Waals surface area (Å²) in [7, 11) is 0. The average Bonchev–Trinajstić information content (AvgIpc) is 2.52. The summed E-state index contributed by atoms with van der Waals surface area (Å²) < 4.78 is 0. The number of carbonyl (C=O) groups is 1. The Hall–Kier alpha value is -2.30. The normalized spacial score (nSPS) is 16.2. The fraction of sp³-hybridized carbons (Fsp3) is 0.412. The van der Waals surface area contributed by atoms with Crippen molar-refractivity contribution in [1.29, 1.82) is 0 Å². The summed E-state index contributed by atoms with van der Waals surface area (Å²) in [6, 6.07) is 9.59. The number of anilines is 1. The molecule has 1 heterocycles. The van der Waals surface area contributed by atoms with Crippen molar-refractivity contribution in [3.05, 3.63) is 41.7 Å². The Balaban J connectivity index is 2.27. The highest BCUT2D eigenvalue weighted by atomic mass is 16.6. The number of aliphatic hydroxyl groups excluding tert-OH is 1. The Morgan fingerprint density at radius 3 is 2.59 bits per heavy atom. The van der Waals surface area contributed by atoms with Crippen molar-refractivity contribution < 1.29 is 14.7 Å². The van der Waals surface area contributed by atoms with Gasteiger partial charge in [0.25, 0.3) is 0 Å². The molecule has 0 radical (unpaired) electrons. The van der Waals surface area contributed by atoms with E-state index in [4.69, 9.17) is 4.84 Å². The summed E-state index contributed by atoms with van der Waals surface area (Å²) in [6.45, 7) is 4.81. The van der Waals surface area contributed by atoms with Crippen LogP contribution < -0.4 is 4.90 Å². The van der Waals surface area contributed by atoms with Crippen LogP contribution in [0.25, 0.3) is 0 Å². The molecule has 118 valence electrons. The minimum absolute atomic E-state index is 0.0620. The minimum Gasteiger partial charge on any atom is -0.510 e. The third-order valence-electron chi connectivity index (χ3n) is 3.44. The molecule has 1 aliphatic heterocycles. The van der Waals surface area contributed by atoms with E-state index < -0.39 is 0 Å². The molecule has 2 rings (SSSR count). The summed E-state index contributed by atoms with van der Waals surface area (Å²) in [6.07, 6.45) is 1.44. The van der Waals surface area contributed by atoms with Crippen LogP contribution >= 0.6 is 0 Å². The molecule has 0 saturated carbocycles. The van der Waals surface area contributed by atoms with Gasteiger partial charge < -0.3 is 14.8 Å². The lowest BCUT2D eigenvalue weighted by Gasteiger charge is -2.29. The molecule has 5 nitrogen and oxygen atoms in total. The van der Waals surface area contributed by atoms with E-state index in [0.717, 1.165) is 12.1 Å². The van der Waals surface area contributed by atoms with Crippen molar-refractivity contribution in [3.63, 3.8) is 0 Å². The summed E-state index contributed by atoms with van der Waals surface area (Å²) in [4.78, 5) is 19.4. The van der Waals surface area contributed by atoms with Gasteiger partial charge in [0.2, 0.25) is 0 Å². The number of Topliss-reactive ketones (excluding diaryl/α,β-unsaturated/α-hetero) is 1. The highest BCUT2D eigenvalue weighted by molar-refractivity contribution is 6.24. The van der Waals surface area contributed by atoms with Crippen molar-refractivity contribution in [2.75, 3.05) is 24.6 Å². The Kier molecular flexibility index (Phi) is 5.58. The Bertz CT molecular complexity index is 579. The maximum absolute atomic E-state index is 12.5. The summed E-state index contributed by atoms with van der Waals surface area (Å²) in [5.41, 5.74) is 1.78. The van der Waals surface area contributed by atoms with Gasteiger partial charge in [0.15, 0.2) is 5.78 Å². The predicted octanol–water partition coefficient (Wildman–Crippen LogP) is 3.08. The smallest absolute Gasteiger partial charge is 0.187 e. The molecule has 0 spiro atoms. The number of oxime groups is 1. The molecule has 0 atom stereocenters. The van der Waals surface area contributed by atoms with E-state index in [-0.39, 0.29) is 18.1 Å². The summed E-state index contributed by atoms with van der Waals surface area (Å²) >= 11 is 0. The van der Waals surface area contributed by atoms with Gasteiger partial charge in [-0.05, 0) is 25.5 Å². The first-order valence-corrected chi connectivity index (χ1v) is 7.61. The molecule has 22 heavy (non-hydrogen) atoms. The molecule has 0 saturated heterocycles. The standard InChI is InChI=1S/C17H22N2O3/c1-3-8-14(18-22-4-2)17-15(20)11-19(12-16(17)21)13-9-6-5-7-10-13/h5-7,9-10,20H,3-4,8,11-12H2,1-2H3. The summed E-state index contributed by atoms with van der Waals surface area (Å²) in [5.74, 6) is -0.0634. The van der Waals surface area contributed by atoms with Gasteiger partial charge in [-0.3, -0.25) is 4.79 Å². The lowest BCUT2D eigenvalue weighted by Crippen LogP contribution is -2.39. The number of nitrogens with zero attached hydrogens (tertiary/aromatic N) is 2. The number of hydrogen-bond donors (Lipinski definition) is 1. The van der Waals surface area contributed by atoms with Gasteiger partial charge in [0.1, 0.15) is 12.4 Å². The fourth-order valence-corrected chi connectivity index (χ4v) is 2.47. The average molecular weight is 302 g/mol. The lowest BCUT2D eigenvalue weighted by atomic mass is 9.97. The molecule has 0 amide bonds. The predicted molar refractivity (Wildman–Crippen MR) is 87.3 cm³/mol. The van der Waals surface area contributed by atoms with Gasteiger partial charge in [0.05, 0.1) is 24.4 Å². The zero-order valence-corrected chi connectivity index (χ0v) is 13.1. The maximum atomic E-state index is 12.5. The second kappa shape index (κ2) is 7.64. The van der Waals surface area contributed by atoms with E-state index in [2.05, 4.69) is 5.16 Å². The van der Waals surface area contributed by atoms with Gasteiger partial charge >= 0.3 is 0 Å². The van der Waals surface area contributed by atoms with Crippen LogP contribution in [0.2, 0.25) is 0 Å². The molecule has 0 bridgehead atoms. The van der Waals surface area contributed by atoms with Crippen molar-refractivity contribution >= 4 is 17.2 Å². The molecule has 5 heteroatoms. The van der Waals surface area contributed by atoms with Crippen LogP contribution in [-0.2, 0) is 9.63 Å². The van der Waals surface area contributed by atoms with Crippen LogP contribution in [0.3, 0.4) is 0 Å². The second-order valence-corrected chi connectivity index (χ2v) is 5.14. The first-order chi connectivity index (χ1) is 10.7. The third kappa shape index (κ3) is 3.67. The number of hydrogen-bond acceptors (Lipinski definition) is 5. The quantitative estimate of drug-likeness (QED) is 0.648. The van der Waals surface area contributed by atoms with Crippen LogP contribution in [0.15, 0.2) is 46.8 Å². The number of carbonyl (C=O) groups excluding carboxylic acids is 1. The number of rotatable bonds is 6. The minimum atomic E-state index is -0.125. The number of ketones is 1. The monoisotopic (exact) mass is 302 g/mol. The van der Waals surface area contributed by atoms with E-state index in [1.807, 2.05) is 49.1 Å². The van der Waals surface area contributed by atoms with Crippen molar-refractivity contribution in [3.8, 4) is 0 Å². The van der Waals surface area contributed by atoms with Gasteiger partial charge in [-0.25, -0.2) is 0 Å². The molecule has 0 unspecified atom stereocenters. The van der Waals surface area contributed by atoms with Gasteiger partial charge in [-0.2, -0.15) is 0 Å². The number of para-hydroxylation sites is 1. The molecule has 1 N–H and O–H groups in total.